The van der Waals surface area contributed by atoms with E-state index in [1.54, 1.807) is 7.11 Å². The van der Waals surface area contributed by atoms with Crippen molar-refractivity contribution in [1.82, 2.24) is 0 Å². The first kappa shape index (κ1) is 18.7. The van der Waals surface area contributed by atoms with Gasteiger partial charge in [0, 0.05) is 46.2 Å². The van der Waals surface area contributed by atoms with Crippen molar-refractivity contribution in [2.24, 2.45) is 0 Å². The molecule has 3 unspecified atom stereocenters. The molecule has 24 heavy (non-hydrogen) atoms. The van der Waals surface area contributed by atoms with E-state index in [9.17, 15) is 0 Å². The number of ether oxygens (including phenoxy) is 4. The Morgan fingerprint density at radius 1 is 0.792 bits per heavy atom. The minimum atomic E-state index is -3.18. The zero-order valence-corrected chi connectivity index (χ0v) is 16.2. The Balaban J connectivity index is 2.05. The van der Waals surface area contributed by atoms with Crippen LogP contribution in [0.25, 0.3) is 0 Å². The first-order chi connectivity index (χ1) is 11.6. The Kier molecular flexibility index (Phi) is 5.40. The second-order valence-corrected chi connectivity index (χ2v) is 9.05. The maximum atomic E-state index is 6.23. The highest BCUT2D eigenvalue weighted by atomic mass is 28.4. The average Bonchev–Trinajstić information content (AvgIpc) is 2.42. The van der Waals surface area contributed by atoms with Gasteiger partial charge in [0.15, 0.2) is 10.8 Å². The Bertz CT molecular complexity index is 410. The second-order valence-electron chi connectivity index (χ2n) is 6.26. The van der Waals surface area contributed by atoms with Crippen LogP contribution in [0.1, 0.15) is 40.0 Å². The molecule has 3 fully saturated rings. The molecule has 3 rings (SSSR count). The van der Waals surface area contributed by atoms with Gasteiger partial charge in [-0.1, -0.05) is 0 Å². The van der Waals surface area contributed by atoms with Gasteiger partial charge in [-0.15, -0.1) is 0 Å². The van der Waals surface area contributed by atoms with Crippen LogP contribution in [0.3, 0.4) is 0 Å². The lowest BCUT2D eigenvalue weighted by molar-refractivity contribution is -0.449. The van der Waals surface area contributed by atoms with E-state index >= 15 is 0 Å². The minimum absolute atomic E-state index is 0.494. The molecule has 0 aromatic heterocycles. The Morgan fingerprint density at radius 2 is 1.25 bits per heavy atom. The highest BCUT2D eigenvalue weighted by molar-refractivity contribution is 6.64. The summed E-state index contributed by atoms with van der Waals surface area (Å²) in [7, 11) is -1.52. The molecule has 3 aliphatic heterocycles. The average molecular weight is 362 g/mol. The van der Waals surface area contributed by atoms with Gasteiger partial charge in [-0.3, -0.25) is 0 Å². The fraction of sp³-hybridized carbons (Fsp3) is 1.00. The first-order valence-electron chi connectivity index (χ1n) is 9.00. The fourth-order valence-electron chi connectivity index (χ4n) is 4.32. The van der Waals surface area contributed by atoms with Gasteiger partial charge in [0.2, 0.25) is 5.79 Å². The lowest BCUT2D eigenvalue weighted by atomic mass is 9.73. The maximum Gasteiger partial charge on any atom is 0.538 e. The third kappa shape index (κ3) is 2.21. The van der Waals surface area contributed by atoms with Crippen LogP contribution in [0.15, 0.2) is 0 Å². The summed E-state index contributed by atoms with van der Waals surface area (Å²) in [6.45, 7) is 9.27. The zero-order valence-electron chi connectivity index (χ0n) is 15.2. The third-order valence-corrected chi connectivity index (χ3v) is 9.26. The van der Waals surface area contributed by atoms with Gasteiger partial charge in [0.05, 0.1) is 19.8 Å². The molecule has 0 aromatic carbocycles. The van der Waals surface area contributed by atoms with Crippen LogP contribution < -0.4 is 0 Å². The number of hydrogen-bond acceptors (Lipinski definition) is 7. The van der Waals surface area contributed by atoms with E-state index in [2.05, 4.69) is 0 Å². The van der Waals surface area contributed by atoms with Crippen LogP contribution in [0.2, 0.25) is 0 Å². The van der Waals surface area contributed by atoms with Crippen molar-refractivity contribution < 1.29 is 32.2 Å². The van der Waals surface area contributed by atoms with Crippen LogP contribution in [-0.2, 0) is 32.2 Å². The highest BCUT2D eigenvalue weighted by Crippen LogP contribution is 2.60. The van der Waals surface area contributed by atoms with Gasteiger partial charge >= 0.3 is 8.80 Å². The van der Waals surface area contributed by atoms with Crippen LogP contribution >= 0.6 is 0 Å². The van der Waals surface area contributed by atoms with Crippen LogP contribution in [0, 0.1) is 0 Å². The van der Waals surface area contributed by atoms with E-state index in [-0.39, 0.29) is 0 Å². The molecule has 0 radical (unpaired) electrons. The standard InChI is InChI=1S/C16H30O7Si/c1-5-21-24(22-6-2,23-7-3)16(10-13-20-16)14(8-11-18-14)15(17-4)9-12-19-15/h5-13H2,1-4H3. The maximum absolute atomic E-state index is 6.23. The fourth-order valence-corrected chi connectivity index (χ4v) is 7.98. The lowest BCUT2D eigenvalue weighted by Gasteiger charge is -2.68. The smallest absolute Gasteiger partial charge is 0.372 e. The number of methoxy groups -OCH3 is 1. The summed E-state index contributed by atoms with van der Waals surface area (Å²) < 4.78 is 42.7. The van der Waals surface area contributed by atoms with Gasteiger partial charge in [0.25, 0.3) is 0 Å². The molecule has 3 atom stereocenters. The molecule has 0 saturated carbocycles. The van der Waals surface area contributed by atoms with Crippen molar-refractivity contribution >= 4 is 8.80 Å². The van der Waals surface area contributed by atoms with Crippen molar-refractivity contribution in [3.63, 3.8) is 0 Å². The summed E-state index contributed by atoms with van der Waals surface area (Å²) in [5, 5.41) is -0.781. The zero-order chi connectivity index (χ0) is 17.3. The van der Waals surface area contributed by atoms with E-state index in [1.165, 1.54) is 0 Å². The van der Waals surface area contributed by atoms with Crippen LogP contribution in [-0.4, -0.2) is 72.2 Å². The molecule has 0 aliphatic carbocycles. The summed E-state index contributed by atoms with van der Waals surface area (Å²) in [5.74, 6) is -0.810. The Labute approximate surface area is 145 Å². The van der Waals surface area contributed by atoms with Crippen molar-refractivity contribution in [3.05, 3.63) is 0 Å². The molecule has 8 heteroatoms. The van der Waals surface area contributed by atoms with Crippen molar-refractivity contribution in [2.75, 3.05) is 46.8 Å². The molecule has 0 N–H and O–H groups in total. The van der Waals surface area contributed by atoms with E-state index in [0.717, 1.165) is 19.3 Å². The predicted octanol–water partition coefficient (Wildman–Crippen LogP) is 1.66. The molecule has 140 valence electrons. The van der Waals surface area contributed by atoms with Gasteiger partial charge in [-0.25, -0.2) is 0 Å². The normalized spacial score (nSPS) is 39.0. The lowest BCUT2D eigenvalue weighted by Crippen LogP contribution is -2.89. The summed E-state index contributed by atoms with van der Waals surface area (Å²) in [6, 6.07) is 0. The summed E-state index contributed by atoms with van der Waals surface area (Å²) in [6.07, 6.45) is 2.31. The summed E-state index contributed by atoms with van der Waals surface area (Å²) >= 11 is 0. The van der Waals surface area contributed by atoms with E-state index < -0.39 is 25.4 Å². The molecule has 3 aliphatic rings. The Morgan fingerprint density at radius 3 is 1.46 bits per heavy atom. The van der Waals surface area contributed by atoms with Gasteiger partial charge in [-0.05, 0) is 20.8 Å². The topological polar surface area (TPSA) is 64.6 Å². The van der Waals surface area contributed by atoms with Crippen molar-refractivity contribution in [2.45, 2.75) is 56.6 Å². The quantitative estimate of drug-likeness (QED) is 0.548. The molecule has 3 heterocycles. The SMILES string of the molecule is CCO[Si](OCC)(OCC)C1(C2(C3(OC)CCO3)CCO2)CCO1. The minimum Gasteiger partial charge on any atom is -0.372 e. The van der Waals surface area contributed by atoms with Gasteiger partial charge in [0.1, 0.15) is 0 Å². The molecular weight excluding hydrogens is 332 g/mol. The Hall–Kier alpha value is -0.0631. The molecule has 0 bridgehead atoms. The predicted molar refractivity (Wildman–Crippen MR) is 87.5 cm³/mol. The van der Waals surface area contributed by atoms with E-state index in [4.69, 9.17) is 32.2 Å². The molecule has 3 saturated heterocycles. The molecule has 0 spiro atoms. The molecule has 7 nitrogen and oxygen atoms in total. The van der Waals surface area contributed by atoms with Gasteiger partial charge < -0.3 is 32.2 Å². The number of hydrogen-bond donors (Lipinski definition) is 0. The summed E-state index contributed by atoms with van der Waals surface area (Å²) in [4.78, 5) is 0. The van der Waals surface area contributed by atoms with Crippen LogP contribution in [0.5, 0.6) is 0 Å². The third-order valence-electron chi connectivity index (χ3n) is 5.47. The van der Waals surface area contributed by atoms with Gasteiger partial charge in [-0.2, -0.15) is 0 Å². The number of rotatable bonds is 10. The summed E-state index contributed by atoms with van der Waals surface area (Å²) in [5.41, 5.74) is -0.739. The van der Waals surface area contributed by atoms with Crippen LogP contribution in [0.4, 0.5) is 0 Å². The van der Waals surface area contributed by atoms with Crippen molar-refractivity contribution in [3.8, 4) is 0 Å². The molecule has 0 amide bonds. The monoisotopic (exact) mass is 362 g/mol. The first-order valence-corrected chi connectivity index (χ1v) is 10.7. The van der Waals surface area contributed by atoms with Crippen molar-refractivity contribution in [1.29, 1.82) is 0 Å². The van der Waals surface area contributed by atoms with E-state index in [1.807, 2.05) is 20.8 Å². The molecular formula is C16H30O7Si. The van der Waals surface area contributed by atoms with E-state index in [0.29, 0.717) is 39.6 Å². The second kappa shape index (κ2) is 6.92. The molecule has 0 aromatic rings. The largest absolute Gasteiger partial charge is 0.538 e. The highest BCUT2D eigenvalue weighted by Gasteiger charge is 2.84.